The van der Waals surface area contributed by atoms with E-state index in [4.69, 9.17) is 15.2 Å². The Morgan fingerprint density at radius 3 is 2.50 bits per heavy atom. The number of hydrogen-bond donors (Lipinski definition) is 5. The molecule has 4 aliphatic rings. The number of aliphatic hydroxyl groups excluding tert-OH is 1. The molecule has 0 bridgehead atoms. The minimum absolute atomic E-state index is 0.0239. The van der Waals surface area contributed by atoms with Gasteiger partial charge in [-0.25, -0.2) is 9.37 Å². The largest absolute Gasteiger partial charge is 0.496 e. The molecule has 5 amide bonds. The number of pyridine rings is 1. The average Bonchev–Trinajstić information content (AvgIpc) is 3.73. The van der Waals surface area contributed by atoms with E-state index < -0.39 is 54.0 Å². The van der Waals surface area contributed by atoms with Gasteiger partial charge in [0.25, 0.3) is 17.7 Å². The first kappa shape index (κ1) is 46.0. The van der Waals surface area contributed by atoms with Gasteiger partial charge in [-0.3, -0.25) is 34.2 Å². The number of alkyl halides is 1. The van der Waals surface area contributed by atoms with E-state index in [-0.39, 0.29) is 48.5 Å². The number of fused-ring (bicyclic) bond motifs is 2. The predicted octanol–water partition coefficient (Wildman–Crippen LogP) is 4.78. The van der Waals surface area contributed by atoms with Crippen LogP contribution in [0.25, 0.3) is 10.8 Å². The van der Waals surface area contributed by atoms with Crippen LogP contribution in [0.3, 0.4) is 0 Å². The Hall–Kier alpha value is -6.57. The molecule has 4 aromatic rings. The van der Waals surface area contributed by atoms with Crippen molar-refractivity contribution in [2.75, 3.05) is 39.2 Å². The van der Waals surface area contributed by atoms with Gasteiger partial charge in [-0.15, -0.1) is 0 Å². The molecular weight excluding hydrogens is 846 g/mol. The fraction of sp³-hybridized carbons (Fsp3) is 0.440. The van der Waals surface area contributed by atoms with E-state index in [0.717, 1.165) is 44.3 Å². The number of carbonyl (C=O) groups excluding carboxylic acids is 5. The number of halogens is 1. The van der Waals surface area contributed by atoms with Gasteiger partial charge in [0.15, 0.2) is 12.4 Å². The molecule has 8 rings (SSSR count). The fourth-order valence-electron chi connectivity index (χ4n) is 9.87. The van der Waals surface area contributed by atoms with Crippen LogP contribution in [0.4, 0.5) is 10.1 Å². The third kappa shape index (κ3) is 9.68. The summed E-state index contributed by atoms with van der Waals surface area (Å²) in [4.78, 5) is 70.2. The molecule has 3 fully saturated rings. The van der Waals surface area contributed by atoms with Gasteiger partial charge in [0.1, 0.15) is 18.4 Å². The standard InChI is InChI=1S/C50H56FN7O8/c1-4-33-39(55-47(62)44(33)51)27-66-48-36-23-41(65-3)37(45(52)60)22-35(36)32(24-54-48)17-16-28-8-12-30(13-9-28)25-57(2)26-31-14-10-29(11-15-31)20-21-53-38-7-5-6-34-43(38)50(64)58(49(34)63)40-18-19-42(59)56-46(40)61/h5-7,10-11,14-15,22-24,28,30,33,39-40,44,49,53,63H,4,8-9,12-13,18-21,25-27H2,1-3H3,(H2,52,60)(H,55,62)(H,56,59,61)/t28?,30?,33-,39?,40?,44-,49?/m0/s1. The molecule has 1 aliphatic carbocycles. The number of amides is 5. The highest BCUT2D eigenvalue weighted by atomic mass is 19.1. The van der Waals surface area contributed by atoms with Gasteiger partial charge in [-0.2, -0.15) is 0 Å². The summed E-state index contributed by atoms with van der Waals surface area (Å²) in [5.74, 6) is 4.85. The quantitative estimate of drug-likeness (QED) is 0.0812. The van der Waals surface area contributed by atoms with Crippen molar-refractivity contribution in [3.8, 4) is 23.5 Å². The molecule has 4 heterocycles. The number of aliphatic hydroxyl groups is 1. The molecule has 2 saturated heterocycles. The Kier molecular flexibility index (Phi) is 13.9. The van der Waals surface area contributed by atoms with Crippen LogP contribution in [0.2, 0.25) is 0 Å². The lowest BCUT2D eigenvalue weighted by Crippen LogP contribution is -2.53. The van der Waals surface area contributed by atoms with Crippen LogP contribution in [0.1, 0.15) is 101 Å². The molecule has 6 N–H and O–H groups in total. The highest BCUT2D eigenvalue weighted by molar-refractivity contribution is 6.08. The molecule has 0 radical (unpaired) electrons. The molecule has 1 aromatic heterocycles. The number of nitrogens with zero attached hydrogens (tertiary/aromatic N) is 3. The van der Waals surface area contributed by atoms with Gasteiger partial charge in [-0.1, -0.05) is 55.2 Å². The van der Waals surface area contributed by atoms with Crippen molar-refractivity contribution in [1.82, 2.24) is 25.4 Å². The number of piperidine rings is 1. The highest BCUT2D eigenvalue weighted by Crippen LogP contribution is 2.39. The van der Waals surface area contributed by atoms with Gasteiger partial charge in [0, 0.05) is 66.1 Å². The maximum atomic E-state index is 14.5. The summed E-state index contributed by atoms with van der Waals surface area (Å²) in [5, 5.41) is 20.5. The number of imide groups is 1. The lowest BCUT2D eigenvalue weighted by atomic mass is 9.82. The third-order valence-corrected chi connectivity index (χ3v) is 13.4. The van der Waals surface area contributed by atoms with Crippen LogP contribution in [-0.2, 0) is 27.3 Å². The first-order valence-electron chi connectivity index (χ1n) is 22.7. The Morgan fingerprint density at radius 2 is 1.79 bits per heavy atom. The monoisotopic (exact) mass is 901 g/mol. The molecule has 0 spiro atoms. The third-order valence-electron chi connectivity index (χ3n) is 13.4. The molecular formula is C50H56FN7O8. The van der Waals surface area contributed by atoms with E-state index in [2.05, 4.69) is 69.0 Å². The van der Waals surface area contributed by atoms with Crippen LogP contribution < -0.4 is 31.2 Å². The van der Waals surface area contributed by atoms with Crippen molar-refractivity contribution < 1.29 is 42.9 Å². The minimum Gasteiger partial charge on any atom is -0.496 e. The number of rotatable bonds is 15. The minimum atomic E-state index is -1.59. The van der Waals surface area contributed by atoms with Gasteiger partial charge in [-0.05, 0) is 87.2 Å². The molecule has 16 heteroatoms. The second kappa shape index (κ2) is 19.9. The van der Waals surface area contributed by atoms with Crippen LogP contribution in [-0.4, -0.2) is 102 Å². The topological polar surface area (TPSA) is 206 Å². The number of ether oxygens (including phenoxy) is 2. The van der Waals surface area contributed by atoms with E-state index in [1.54, 1.807) is 36.5 Å². The molecule has 346 valence electrons. The maximum Gasteiger partial charge on any atom is 0.259 e. The van der Waals surface area contributed by atoms with Gasteiger partial charge >= 0.3 is 0 Å². The summed E-state index contributed by atoms with van der Waals surface area (Å²) < 4.78 is 26.0. The number of aromatic nitrogens is 1. The molecule has 3 aliphatic heterocycles. The Bertz CT molecular complexity index is 2590. The molecule has 3 aromatic carbocycles. The summed E-state index contributed by atoms with van der Waals surface area (Å²) in [6.45, 7) is 4.18. The van der Waals surface area contributed by atoms with Crippen molar-refractivity contribution in [3.63, 3.8) is 0 Å². The molecule has 3 unspecified atom stereocenters. The fourth-order valence-corrected chi connectivity index (χ4v) is 9.87. The average molecular weight is 902 g/mol. The van der Waals surface area contributed by atoms with E-state index >= 15 is 0 Å². The second-order valence-corrected chi connectivity index (χ2v) is 17.8. The Morgan fingerprint density at radius 1 is 1.03 bits per heavy atom. The number of benzene rings is 3. The first-order chi connectivity index (χ1) is 31.8. The zero-order chi connectivity index (χ0) is 46.6. The first-order valence-corrected chi connectivity index (χ1v) is 22.7. The Balaban J connectivity index is 0.824. The smallest absolute Gasteiger partial charge is 0.259 e. The van der Waals surface area contributed by atoms with E-state index in [1.165, 1.54) is 17.6 Å². The summed E-state index contributed by atoms with van der Waals surface area (Å²) in [7, 11) is 3.59. The lowest BCUT2D eigenvalue weighted by molar-refractivity contribution is -0.139. The van der Waals surface area contributed by atoms with Crippen molar-refractivity contribution in [2.24, 2.45) is 23.5 Å². The SMILES string of the molecule is CC[C@H]1C(COc2ncc(C#CC3CCC(CN(C)Cc4ccc(CCNc5cccc6c5C(=O)N(C5CCC(=O)NC5=O)C6O)cc4)CC3)c3cc(C(N)=O)c(OC)cc23)NC(=O)[C@H]1F. The summed E-state index contributed by atoms with van der Waals surface area (Å²) in [6, 6.07) is 15.7. The summed E-state index contributed by atoms with van der Waals surface area (Å²) in [6.07, 6.45) is 4.22. The summed E-state index contributed by atoms with van der Waals surface area (Å²) >= 11 is 0. The lowest BCUT2D eigenvalue weighted by Gasteiger charge is -2.31. The van der Waals surface area contributed by atoms with Gasteiger partial charge < -0.3 is 35.8 Å². The highest BCUT2D eigenvalue weighted by Gasteiger charge is 2.45. The van der Waals surface area contributed by atoms with Crippen molar-refractivity contribution in [3.05, 3.63) is 94.2 Å². The molecule has 66 heavy (non-hydrogen) atoms. The van der Waals surface area contributed by atoms with Gasteiger partial charge in [0.2, 0.25) is 17.7 Å². The van der Waals surface area contributed by atoms with Gasteiger partial charge in [0.05, 0.1) is 29.8 Å². The Labute approximate surface area is 383 Å². The number of hydrogen-bond acceptors (Lipinski definition) is 11. The molecule has 5 atom stereocenters. The number of nitrogens with one attached hydrogen (secondary N) is 3. The molecule has 1 saturated carbocycles. The number of anilines is 1. The zero-order valence-corrected chi connectivity index (χ0v) is 37.4. The van der Waals surface area contributed by atoms with Crippen LogP contribution in [0.5, 0.6) is 11.6 Å². The summed E-state index contributed by atoms with van der Waals surface area (Å²) in [5.41, 5.74) is 10.3. The zero-order valence-electron chi connectivity index (χ0n) is 37.4. The molecule has 15 nitrogen and oxygen atoms in total. The van der Waals surface area contributed by atoms with Crippen molar-refractivity contribution in [1.29, 1.82) is 0 Å². The van der Waals surface area contributed by atoms with Crippen LogP contribution >= 0.6 is 0 Å². The maximum absolute atomic E-state index is 14.5. The number of methoxy groups -OCH3 is 1. The normalized spacial score (nSPS) is 23.8. The predicted molar refractivity (Wildman–Crippen MR) is 244 cm³/mol. The van der Waals surface area contributed by atoms with Crippen molar-refractivity contribution in [2.45, 2.75) is 89.3 Å². The van der Waals surface area contributed by atoms with E-state index in [9.17, 15) is 33.5 Å². The van der Waals surface area contributed by atoms with Crippen LogP contribution in [0.15, 0.2) is 60.8 Å². The van der Waals surface area contributed by atoms with E-state index in [1.807, 2.05) is 6.92 Å². The van der Waals surface area contributed by atoms with Crippen LogP contribution in [0, 0.1) is 29.6 Å². The second-order valence-electron chi connectivity index (χ2n) is 17.8. The van der Waals surface area contributed by atoms with E-state index in [0.29, 0.717) is 58.5 Å². The number of primary amides is 1. The van der Waals surface area contributed by atoms with Crippen molar-refractivity contribution >= 4 is 46.0 Å². The number of nitrogens with two attached hydrogens (primary N) is 1. The number of carbonyl (C=O) groups is 5.